The third-order valence-electron chi connectivity index (χ3n) is 5.69. The van der Waals surface area contributed by atoms with Gasteiger partial charge < -0.3 is 5.32 Å². The first-order valence-corrected chi connectivity index (χ1v) is 8.70. The lowest BCUT2D eigenvalue weighted by Gasteiger charge is -2.42. The van der Waals surface area contributed by atoms with Crippen LogP contribution >= 0.6 is 0 Å². The molecule has 3 aliphatic rings. The van der Waals surface area contributed by atoms with Crippen molar-refractivity contribution in [3.63, 3.8) is 0 Å². The van der Waals surface area contributed by atoms with Crippen molar-refractivity contribution >= 4 is 0 Å². The van der Waals surface area contributed by atoms with Crippen LogP contribution in [-0.2, 0) is 0 Å². The molecule has 0 amide bonds. The standard InChI is InChI=1S/C17H32N2/c1-13-5-6-14(2)17(10-13)19(11-15-7-8-15)12-16-4-3-9-18-16/h13-18H,3-12H2,1-2H3. The van der Waals surface area contributed by atoms with Gasteiger partial charge in [0.2, 0.25) is 0 Å². The molecular weight excluding hydrogens is 232 g/mol. The molecule has 110 valence electrons. The zero-order chi connectivity index (χ0) is 13.2. The molecule has 19 heavy (non-hydrogen) atoms. The predicted octanol–water partition coefficient (Wildman–Crippen LogP) is 3.28. The van der Waals surface area contributed by atoms with Crippen LogP contribution in [0.3, 0.4) is 0 Å². The molecule has 1 N–H and O–H groups in total. The van der Waals surface area contributed by atoms with Gasteiger partial charge in [-0.05, 0) is 62.8 Å². The molecule has 2 heteroatoms. The molecule has 4 unspecified atom stereocenters. The Hall–Kier alpha value is -0.0800. The maximum atomic E-state index is 3.70. The van der Waals surface area contributed by atoms with Crippen molar-refractivity contribution in [1.82, 2.24) is 10.2 Å². The summed E-state index contributed by atoms with van der Waals surface area (Å²) in [6, 6.07) is 1.65. The van der Waals surface area contributed by atoms with Gasteiger partial charge in [0.25, 0.3) is 0 Å². The van der Waals surface area contributed by atoms with Crippen LogP contribution in [0.15, 0.2) is 0 Å². The minimum absolute atomic E-state index is 0.781. The number of nitrogens with zero attached hydrogens (tertiary/aromatic N) is 1. The molecule has 2 aliphatic carbocycles. The summed E-state index contributed by atoms with van der Waals surface area (Å²) < 4.78 is 0. The molecule has 4 atom stereocenters. The first-order chi connectivity index (χ1) is 9.22. The number of nitrogens with one attached hydrogen (secondary N) is 1. The van der Waals surface area contributed by atoms with Gasteiger partial charge in [0.1, 0.15) is 0 Å². The number of hydrogen-bond donors (Lipinski definition) is 1. The van der Waals surface area contributed by atoms with Gasteiger partial charge in [-0.1, -0.05) is 20.3 Å². The summed E-state index contributed by atoms with van der Waals surface area (Å²) >= 11 is 0. The normalized spacial score (nSPS) is 39.9. The fourth-order valence-electron chi connectivity index (χ4n) is 4.18. The molecule has 0 bridgehead atoms. The van der Waals surface area contributed by atoms with Gasteiger partial charge in [0.05, 0.1) is 0 Å². The van der Waals surface area contributed by atoms with Crippen molar-refractivity contribution in [3.8, 4) is 0 Å². The quantitative estimate of drug-likeness (QED) is 0.820. The minimum Gasteiger partial charge on any atom is -0.313 e. The van der Waals surface area contributed by atoms with Crippen molar-refractivity contribution in [2.45, 2.75) is 70.9 Å². The van der Waals surface area contributed by atoms with Crippen LogP contribution in [-0.4, -0.2) is 36.6 Å². The summed E-state index contributed by atoms with van der Waals surface area (Å²) in [4.78, 5) is 2.89. The Morgan fingerprint density at radius 1 is 1.00 bits per heavy atom. The Morgan fingerprint density at radius 3 is 2.53 bits per heavy atom. The van der Waals surface area contributed by atoms with Gasteiger partial charge >= 0.3 is 0 Å². The summed E-state index contributed by atoms with van der Waals surface area (Å²) in [6.45, 7) is 8.91. The van der Waals surface area contributed by atoms with Crippen molar-refractivity contribution in [2.24, 2.45) is 17.8 Å². The predicted molar refractivity (Wildman–Crippen MR) is 81.3 cm³/mol. The summed E-state index contributed by atoms with van der Waals surface area (Å²) in [5.41, 5.74) is 0. The lowest BCUT2D eigenvalue weighted by molar-refractivity contribution is 0.0788. The average Bonchev–Trinajstić information content (AvgIpc) is 3.06. The summed E-state index contributed by atoms with van der Waals surface area (Å²) in [5, 5.41) is 3.70. The molecule has 1 saturated heterocycles. The Morgan fingerprint density at radius 2 is 1.84 bits per heavy atom. The van der Waals surface area contributed by atoms with E-state index in [0.29, 0.717) is 0 Å². The van der Waals surface area contributed by atoms with E-state index in [-0.39, 0.29) is 0 Å². The molecule has 0 aromatic rings. The van der Waals surface area contributed by atoms with Crippen LogP contribution < -0.4 is 5.32 Å². The highest BCUT2D eigenvalue weighted by atomic mass is 15.2. The maximum Gasteiger partial charge on any atom is 0.0195 e. The van der Waals surface area contributed by atoms with Crippen LogP contribution in [0.2, 0.25) is 0 Å². The topological polar surface area (TPSA) is 15.3 Å². The Kier molecular flexibility index (Phi) is 4.48. The Labute approximate surface area is 119 Å². The monoisotopic (exact) mass is 264 g/mol. The molecule has 0 aromatic heterocycles. The van der Waals surface area contributed by atoms with Crippen LogP contribution in [0.1, 0.15) is 58.8 Å². The molecule has 3 fully saturated rings. The zero-order valence-electron chi connectivity index (χ0n) is 12.9. The lowest BCUT2D eigenvalue weighted by Crippen LogP contribution is -2.49. The van der Waals surface area contributed by atoms with E-state index in [2.05, 4.69) is 24.1 Å². The third kappa shape index (κ3) is 3.72. The van der Waals surface area contributed by atoms with Crippen LogP contribution in [0.4, 0.5) is 0 Å². The largest absolute Gasteiger partial charge is 0.313 e. The minimum atomic E-state index is 0.781. The average molecular weight is 264 g/mol. The van der Waals surface area contributed by atoms with Crippen molar-refractivity contribution in [3.05, 3.63) is 0 Å². The van der Waals surface area contributed by atoms with E-state index in [0.717, 1.165) is 29.8 Å². The van der Waals surface area contributed by atoms with E-state index in [1.807, 2.05) is 0 Å². The molecular formula is C17H32N2. The molecule has 0 spiro atoms. The second-order valence-corrected chi connectivity index (χ2v) is 7.65. The van der Waals surface area contributed by atoms with Gasteiger partial charge in [-0.3, -0.25) is 4.90 Å². The van der Waals surface area contributed by atoms with Crippen LogP contribution in [0.25, 0.3) is 0 Å². The highest BCUT2D eigenvalue weighted by Gasteiger charge is 2.35. The lowest BCUT2D eigenvalue weighted by atomic mass is 9.79. The second kappa shape index (κ2) is 6.13. The molecule has 1 aliphatic heterocycles. The van der Waals surface area contributed by atoms with E-state index in [4.69, 9.17) is 0 Å². The molecule has 0 aromatic carbocycles. The van der Waals surface area contributed by atoms with Crippen molar-refractivity contribution < 1.29 is 0 Å². The van der Waals surface area contributed by atoms with Gasteiger partial charge in [0.15, 0.2) is 0 Å². The van der Waals surface area contributed by atoms with Crippen LogP contribution in [0.5, 0.6) is 0 Å². The van der Waals surface area contributed by atoms with Gasteiger partial charge in [-0.25, -0.2) is 0 Å². The first kappa shape index (κ1) is 13.9. The number of rotatable bonds is 5. The highest BCUT2D eigenvalue weighted by molar-refractivity contribution is 4.90. The van der Waals surface area contributed by atoms with E-state index >= 15 is 0 Å². The molecule has 1 heterocycles. The fraction of sp³-hybridized carbons (Fsp3) is 1.00. The van der Waals surface area contributed by atoms with E-state index in [1.165, 1.54) is 64.6 Å². The third-order valence-corrected chi connectivity index (χ3v) is 5.69. The van der Waals surface area contributed by atoms with Crippen molar-refractivity contribution in [1.29, 1.82) is 0 Å². The molecule has 2 nitrogen and oxygen atoms in total. The zero-order valence-corrected chi connectivity index (χ0v) is 12.9. The van der Waals surface area contributed by atoms with Gasteiger partial charge in [-0.2, -0.15) is 0 Å². The first-order valence-electron chi connectivity index (χ1n) is 8.70. The molecule has 2 saturated carbocycles. The number of hydrogen-bond acceptors (Lipinski definition) is 2. The van der Waals surface area contributed by atoms with Crippen molar-refractivity contribution in [2.75, 3.05) is 19.6 Å². The summed E-state index contributed by atoms with van der Waals surface area (Å²) in [5.74, 6) is 2.89. The molecule has 3 rings (SSSR count). The Bertz CT molecular complexity index is 281. The summed E-state index contributed by atoms with van der Waals surface area (Å²) in [6.07, 6.45) is 10.1. The molecule has 0 radical (unpaired) electrons. The van der Waals surface area contributed by atoms with E-state index < -0.39 is 0 Å². The van der Waals surface area contributed by atoms with Gasteiger partial charge in [-0.15, -0.1) is 0 Å². The Balaban J connectivity index is 1.61. The second-order valence-electron chi connectivity index (χ2n) is 7.65. The maximum absolute atomic E-state index is 3.70. The summed E-state index contributed by atoms with van der Waals surface area (Å²) in [7, 11) is 0. The van der Waals surface area contributed by atoms with E-state index in [1.54, 1.807) is 0 Å². The fourth-order valence-corrected chi connectivity index (χ4v) is 4.18. The van der Waals surface area contributed by atoms with Gasteiger partial charge in [0, 0.05) is 25.2 Å². The smallest absolute Gasteiger partial charge is 0.0195 e. The SMILES string of the molecule is CC1CCC(C)C(N(CC2CC2)CC2CCCN2)C1. The van der Waals surface area contributed by atoms with Crippen LogP contribution in [0, 0.1) is 17.8 Å². The highest BCUT2D eigenvalue weighted by Crippen LogP contribution is 2.36. The van der Waals surface area contributed by atoms with E-state index in [9.17, 15) is 0 Å².